The summed E-state index contributed by atoms with van der Waals surface area (Å²) in [6.45, 7) is 6.32. The van der Waals surface area contributed by atoms with Crippen LogP contribution in [0.1, 0.15) is 23.6 Å². The minimum Gasteiger partial charge on any atom is -0.494 e. The number of sulfonamides is 1. The molecule has 0 radical (unpaired) electrons. The lowest BCUT2D eigenvalue weighted by atomic mass is 10.1. The predicted octanol–water partition coefficient (Wildman–Crippen LogP) is 3.66. The van der Waals surface area contributed by atoms with E-state index in [1.54, 1.807) is 19.1 Å². The van der Waals surface area contributed by atoms with Crippen LogP contribution in [0, 0.1) is 13.8 Å². The molecule has 1 heterocycles. The number of para-hydroxylation sites is 1. The van der Waals surface area contributed by atoms with E-state index in [2.05, 4.69) is 9.71 Å². The number of aryl methyl sites for hydroxylation is 2. The third-order valence-corrected chi connectivity index (χ3v) is 5.73. The minimum atomic E-state index is -3.61. The first-order chi connectivity index (χ1) is 11.9. The highest BCUT2D eigenvalue weighted by Gasteiger charge is 2.19. The average molecular weight is 358 g/mol. The highest BCUT2D eigenvalue weighted by atomic mass is 32.2. The molecule has 0 bridgehead atoms. The second kappa shape index (κ2) is 6.90. The van der Waals surface area contributed by atoms with Crippen molar-refractivity contribution < 1.29 is 13.2 Å². The largest absolute Gasteiger partial charge is 0.494 e. The summed E-state index contributed by atoms with van der Waals surface area (Å²) >= 11 is 0. The van der Waals surface area contributed by atoms with Gasteiger partial charge in [-0.15, -0.1) is 0 Å². The van der Waals surface area contributed by atoms with Crippen molar-refractivity contribution in [2.75, 3.05) is 6.61 Å². The molecule has 0 fully saturated rings. The van der Waals surface area contributed by atoms with Gasteiger partial charge in [0.2, 0.25) is 10.0 Å². The van der Waals surface area contributed by atoms with Gasteiger partial charge in [0.05, 0.1) is 11.5 Å². The molecular formula is C19H22N2O3S. The first kappa shape index (κ1) is 17.5. The number of ether oxygens (including phenoxy) is 1. The van der Waals surface area contributed by atoms with Gasteiger partial charge in [0.15, 0.2) is 0 Å². The summed E-state index contributed by atoms with van der Waals surface area (Å²) in [7, 11) is -3.61. The molecule has 0 saturated carbocycles. The molecule has 0 aliphatic rings. The average Bonchev–Trinajstić information content (AvgIpc) is 2.99. The first-order valence-corrected chi connectivity index (χ1v) is 9.69. The van der Waals surface area contributed by atoms with E-state index >= 15 is 0 Å². The number of aromatic amines is 1. The van der Waals surface area contributed by atoms with Crippen LogP contribution in [0.15, 0.2) is 47.5 Å². The molecule has 1 aromatic heterocycles. The molecule has 5 nitrogen and oxygen atoms in total. The van der Waals surface area contributed by atoms with E-state index in [4.69, 9.17) is 4.74 Å². The summed E-state index contributed by atoms with van der Waals surface area (Å²) < 4.78 is 33.7. The Labute approximate surface area is 148 Å². The normalized spacial score (nSPS) is 11.8. The molecule has 0 aliphatic heterocycles. The molecule has 0 amide bonds. The van der Waals surface area contributed by atoms with Gasteiger partial charge in [0, 0.05) is 23.6 Å². The van der Waals surface area contributed by atoms with E-state index in [1.807, 2.05) is 44.3 Å². The number of benzene rings is 2. The highest BCUT2D eigenvalue weighted by Crippen LogP contribution is 2.26. The van der Waals surface area contributed by atoms with E-state index in [1.165, 1.54) is 0 Å². The van der Waals surface area contributed by atoms with E-state index < -0.39 is 10.0 Å². The Morgan fingerprint density at radius 2 is 1.88 bits per heavy atom. The molecular weight excluding hydrogens is 336 g/mol. The fourth-order valence-corrected chi connectivity index (χ4v) is 4.21. The van der Waals surface area contributed by atoms with Crippen LogP contribution >= 0.6 is 0 Å². The van der Waals surface area contributed by atoms with Crippen LogP contribution in [0.2, 0.25) is 0 Å². The number of aromatic nitrogens is 1. The zero-order valence-electron chi connectivity index (χ0n) is 14.6. The van der Waals surface area contributed by atoms with Crippen molar-refractivity contribution in [3.05, 3.63) is 59.3 Å². The maximum atomic E-state index is 12.7. The maximum absolute atomic E-state index is 12.7. The number of hydrogen-bond donors (Lipinski definition) is 2. The lowest BCUT2D eigenvalue weighted by Gasteiger charge is -2.13. The lowest BCUT2D eigenvalue weighted by molar-refractivity contribution is 0.337. The molecule has 0 spiro atoms. The fourth-order valence-electron chi connectivity index (χ4n) is 2.89. The van der Waals surface area contributed by atoms with Crippen molar-refractivity contribution in [2.45, 2.75) is 32.2 Å². The molecule has 0 atom stereocenters. The van der Waals surface area contributed by atoms with E-state index in [0.717, 1.165) is 27.8 Å². The van der Waals surface area contributed by atoms with Gasteiger partial charge in [-0.2, -0.15) is 0 Å². The standard InChI is InChI=1S/C19H22N2O3S/c1-4-24-18-9-14(3)19(10-13(18)2)25(22,23)21-12-15-11-20-17-8-6-5-7-16(15)17/h5-11,20-21H,4,12H2,1-3H3. The molecule has 25 heavy (non-hydrogen) atoms. The van der Waals surface area contributed by atoms with Gasteiger partial charge in [-0.25, -0.2) is 13.1 Å². The number of H-pyrrole nitrogens is 1. The number of rotatable bonds is 6. The van der Waals surface area contributed by atoms with E-state index in [-0.39, 0.29) is 11.4 Å². The lowest BCUT2D eigenvalue weighted by Crippen LogP contribution is -2.24. The van der Waals surface area contributed by atoms with Crippen molar-refractivity contribution in [3.8, 4) is 5.75 Å². The molecule has 3 aromatic rings. The number of nitrogens with one attached hydrogen (secondary N) is 2. The van der Waals surface area contributed by atoms with Gasteiger partial charge in [-0.1, -0.05) is 18.2 Å². The summed E-state index contributed by atoms with van der Waals surface area (Å²) in [6, 6.07) is 11.3. The van der Waals surface area contributed by atoms with Crippen LogP contribution in [0.3, 0.4) is 0 Å². The molecule has 2 N–H and O–H groups in total. The Bertz CT molecular complexity index is 1010. The smallest absolute Gasteiger partial charge is 0.241 e. The fraction of sp³-hybridized carbons (Fsp3) is 0.263. The quantitative estimate of drug-likeness (QED) is 0.706. The zero-order valence-corrected chi connectivity index (χ0v) is 15.4. The molecule has 132 valence electrons. The second-order valence-electron chi connectivity index (χ2n) is 6.00. The van der Waals surface area contributed by atoms with Gasteiger partial charge in [-0.05, 0) is 55.7 Å². The van der Waals surface area contributed by atoms with Gasteiger partial charge in [0.25, 0.3) is 0 Å². The molecule has 0 saturated heterocycles. The van der Waals surface area contributed by atoms with E-state index in [9.17, 15) is 8.42 Å². The topological polar surface area (TPSA) is 71.2 Å². The van der Waals surface area contributed by atoms with Crippen LogP contribution in [-0.4, -0.2) is 20.0 Å². The third kappa shape index (κ3) is 3.55. The van der Waals surface area contributed by atoms with Crippen LogP contribution in [0.4, 0.5) is 0 Å². The van der Waals surface area contributed by atoms with Crippen LogP contribution < -0.4 is 9.46 Å². The molecule has 0 unspecified atom stereocenters. The number of hydrogen-bond acceptors (Lipinski definition) is 3. The Morgan fingerprint density at radius 1 is 1.12 bits per heavy atom. The maximum Gasteiger partial charge on any atom is 0.241 e. The van der Waals surface area contributed by atoms with Gasteiger partial charge in [-0.3, -0.25) is 0 Å². The van der Waals surface area contributed by atoms with Crippen molar-refractivity contribution in [2.24, 2.45) is 0 Å². The minimum absolute atomic E-state index is 0.234. The molecule has 6 heteroatoms. The van der Waals surface area contributed by atoms with Gasteiger partial charge < -0.3 is 9.72 Å². The van der Waals surface area contributed by atoms with Crippen molar-refractivity contribution in [1.82, 2.24) is 9.71 Å². The van der Waals surface area contributed by atoms with E-state index in [0.29, 0.717) is 12.2 Å². The predicted molar refractivity (Wildman–Crippen MR) is 99.4 cm³/mol. The molecule has 0 aliphatic carbocycles. The van der Waals surface area contributed by atoms with Gasteiger partial charge >= 0.3 is 0 Å². The third-order valence-electron chi connectivity index (χ3n) is 4.19. The first-order valence-electron chi connectivity index (χ1n) is 8.21. The zero-order chi connectivity index (χ0) is 18.0. The SMILES string of the molecule is CCOc1cc(C)c(S(=O)(=O)NCc2c[nH]c3ccccc23)cc1C. The Hall–Kier alpha value is -2.31. The second-order valence-corrected chi connectivity index (χ2v) is 7.74. The van der Waals surface area contributed by atoms with Crippen molar-refractivity contribution >= 4 is 20.9 Å². The summed E-state index contributed by atoms with van der Waals surface area (Å²) in [6.07, 6.45) is 1.84. The molecule has 3 rings (SSSR count). The summed E-state index contributed by atoms with van der Waals surface area (Å²) in [4.78, 5) is 3.44. The Morgan fingerprint density at radius 3 is 2.64 bits per heavy atom. The van der Waals surface area contributed by atoms with Gasteiger partial charge in [0.1, 0.15) is 5.75 Å². The van der Waals surface area contributed by atoms with Crippen LogP contribution in [0.5, 0.6) is 5.75 Å². The monoisotopic (exact) mass is 358 g/mol. The summed E-state index contributed by atoms with van der Waals surface area (Å²) in [5.74, 6) is 0.718. The Kier molecular flexibility index (Phi) is 4.83. The van der Waals surface area contributed by atoms with Crippen LogP contribution in [-0.2, 0) is 16.6 Å². The van der Waals surface area contributed by atoms with Crippen molar-refractivity contribution in [3.63, 3.8) is 0 Å². The molecule has 2 aromatic carbocycles. The van der Waals surface area contributed by atoms with Crippen LogP contribution in [0.25, 0.3) is 10.9 Å². The Balaban J connectivity index is 1.86. The highest BCUT2D eigenvalue weighted by molar-refractivity contribution is 7.89. The number of fused-ring (bicyclic) bond motifs is 1. The summed E-state index contributed by atoms with van der Waals surface area (Å²) in [5, 5.41) is 1.02. The summed E-state index contributed by atoms with van der Waals surface area (Å²) in [5.41, 5.74) is 3.38. The van der Waals surface area contributed by atoms with Crippen molar-refractivity contribution in [1.29, 1.82) is 0 Å².